The van der Waals surface area contributed by atoms with Gasteiger partial charge in [-0.1, -0.05) is 36.4 Å². The minimum absolute atomic E-state index is 0.0466. The van der Waals surface area contributed by atoms with Gasteiger partial charge in [0.2, 0.25) is 0 Å². The quantitative estimate of drug-likeness (QED) is 0.501. The Balaban J connectivity index is 1.91. The van der Waals surface area contributed by atoms with Gasteiger partial charge in [-0.2, -0.15) is 0 Å². The maximum atomic E-state index is 11.5. The average molecular weight is 366 g/mol. The van der Waals surface area contributed by atoms with Crippen molar-refractivity contribution < 1.29 is 14.6 Å². The number of hydrogen-bond acceptors (Lipinski definition) is 6. The summed E-state index contributed by atoms with van der Waals surface area (Å²) in [6, 6.07) is 15.1. The number of anilines is 1. The molecule has 3 rings (SSSR count). The first-order chi connectivity index (χ1) is 13.2. The zero-order valence-corrected chi connectivity index (χ0v) is 15.1. The van der Waals surface area contributed by atoms with Gasteiger partial charge < -0.3 is 20.5 Å². The number of aromatic carboxylic acids is 1. The maximum Gasteiger partial charge on any atom is 0.337 e. The van der Waals surface area contributed by atoms with Crippen molar-refractivity contribution in [1.82, 2.24) is 15.3 Å². The van der Waals surface area contributed by atoms with E-state index in [1.54, 1.807) is 19.2 Å². The van der Waals surface area contributed by atoms with Crippen molar-refractivity contribution in [3.8, 4) is 0 Å². The van der Waals surface area contributed by atoms with Crippen molar-refractivity contribution in [3.05, 3.63) is 66.0 Å². The first-order valence-corrected chi connectivity index (χ1v) is 8.69. The maximum absolute atomic E-state index is 11.5. The Hall–Kier alpha value is -3.03. The number of rotatable bonds is 9. The van der Waals surface area contributed by atoms with E-state index in [9.17, 15) is 9.90 Å². The fourth-order valence-corrected chi connectivity index (χ4v) is 2.90. The van der Waals surface area contributed by atoms with E-state index < -0.39 is 5.97 Å². The fourth-order valence-electron chi connectivity index (χ4n) is 2.90. The molecule has 0 spiro atoms. The third-order valence-corrected chi connectivity index (χ3v) is 4.24. The van der Waals surface area contributed by atoms with E-state index in [4.69, 9.17) is 4.74 Å². The first kappa shape index (κ1) is 18.8. The van der Waals surface area contributed by atoms with Gasteiger partial charge in [0, 0.05) is 25.6 Å². The molecule has 0 aliphatic rings. The Morgan fingerprint density at radius 2 is 1.96 bits per heavy atom. The van der Waals surface area contributed by atoms with E-state index in [1.807, 2.05) is 36.4 Å². The fraction of sp³-hybridized carbons (Fsp3) is 0.250. The first-order valence-electron chi connectivity index (χ1n) is 8.69. The van der Waals surface area contributed by atoms with Crippen LogP contribution >= 0.6 is 0 Å². The number of carboxylic acid groups (broad SMARTS) is 1. The van der Waals surface area contributed by atoms with Gasteiger partial charge >= 0.3 is 5.97 Å². The van der Waals surface area contributed by atoms with E-state index in [0.29, 0.717) is 29.9 Å². The molecule has 0 bridgehead atoms. The van der Waals surface area contributed by atoms with Crippen LogP contribution in [0.2, 0.25) is 0 Å². The molecule has 7 nitrogen and oxygen atoms in total. The van der Waals surface area contributed by atoms with Gasteiger partial charge in [-0.05, 0) is 17.7 Å². The number of methoxy groups -OCH3 is 1. The highest BCUT2D eigenvalue weighted by Gasteiger charge is 2.16. The van der Waals surface area contributed by atoms with Crippen LogP contribution in [0.5, 0.6) is 0 Å². The smallest absolute Gasteiger partial charge is 0.337 e. The van der Waals surface area contributed by atoms with Gasteiger partial charge in [0.05, 0.1) is 23.7 Å². The number of carbonyl (C=O) groups is 1. The van der Waals surface area contributed by atoms with Gasteiger partial charge in [-0.25, -0.2) is 14.8 Å². The Kier molecular flexibility index (Phi) is 6.30. The van der Waals surface area contributed by atoms with Crippen LogP contribution in [0.3, 0.4) is 0 Å². The molecule has 1 heterocycles. The standard InChI is InChI=1S/C20H22N4O3/c1-27-11-10-21-12-17(14-6-3-2-4-7-14)24-19-15-8-5-9-16(20(25)26)18(15)22-13-23-19/h2-9,13,17,21H,10-12H2,1H3,(H,25,26)(H,22,23,24)/t17-/m1/s1. The molecule has 0 saturated carbocycles. The van der Waals surface area contributed by atoms with Crippen molar-refractivity contribution >= 4 is 22.7 Å². The molecule has 140 valence electrons. The van der Waals surface area contributed by atoms with Crippen LogP contribution in [0.1, 0.15) is 22.0 Å². The summed E-state index contributed by atoms with van der Waals surface area (Å²) >= 11 is 0. The Labute approximate surface area is 157 Å². The zero-order valence-electron chi connectivity index (χ0n) is 15.1. The summed E-state index contributed by atoms with van der Waals surface area (Å²) in [4.78, 5) is 20.0. The number of hydrogen-bond donors (Lipinski definition) is 3. The minimum Gasteiger partial charge on any atom is -0.478 e. The third kappa shape index (κ3) is 4.58. The minimum atomic E-state index is -1.01. The number of nitrogens with one attached hydrogen (secondary N) is 2. The number of para-hydroxylation sites is 1. The number of benzene rings is 2. The normalized spacial score (nSPS) is 12.0. The molecule has 27 heavy (non-hydrogen) atoms. The second kappa shape index (κ2) is 9.07. The number of ether oxygens (including phenoxy) is 1. The number of aromatic nitrogens is 2. The number of nitrogens with zero attached hydrogens (tertiary/aromatic N) is 2. The molecule has 0 aliphatic heterocycles. The molecule has 0 unspecified atom stereocenters. The summed E-state index contributed by atoms with van der Waals surface area (Å²) < 4.78 is 5.08. The summed E-state index contributed by atoms with van der Waals surface area (Å²) in [5, 5.41) is 16.9. The lowest BCUT2D eigenvalue weighted by molar-refractivity contribution is 0.0699. The van der Waals surface area contributed by atoms with Crippen LogP contribution in [-0.2, 0) is 4.74 Å². The second-order valence-electron chi connectivity index (χ2n) is 6.03. The van der Waals surface area contributed by atoms with Crippen LogP contribution in [0.15, 0.2) is 54.9 Å². The lowest BCUT2D eigenvalue weighted by Crippen LogP contribution is -2.29. The van der Waals surface area contributed by atoms with Crippen LogP contribution in [0.4, 0.5) is 5.82 Å². The zero-order chi connectivity index (χ0) is 19.1. The van der Waals surface area contributed by atoms with Gasteiger partial charge in [-0.3, -0.25) is 0 Å². The second-order valence-corrected chi connectivity index (χ2v) is 6.03. The molecule has 0 radical (unpaired) electrons. The highest BCUT2D eigenvalue weighted by Crippen LogP contribution is 2.26. The molecular formula is C20H22N4O3. The molecule has 0 aliphatic carbocycles. The average Bonchev–Trinajstić information content (AvgIpc) is 2.70. The molecule has 1 atom stereocenters. The van der Waals surface area contributed by atoms with Gasteiger partial charge in [-0.15, -0.1) is 0 Å². The molecule has 0 fully saturated rings. The van der Waals surface area contributed by atoms with Gasteiger partial charge in [0.15, 0.2) is 0 Å². The summed E-state index contributed by atoms with van der Waals surface area (Å²) in [6.07, 6.45) is 1.39. The van der Waals surface area contributed by atoms with Gasteiger partial charge in [0.25, 0.3) is 0 Å². The molecule has 0 saturated heterocycles. The van der Waals surface area contributed by atoms with E-state index >= 15 is 0 Å². The van der Waals surface area contributed by atoms with Crippen molar-refractivity contribution in [2.75, 3.05) is 32.1 Å². The largest absolute Gasteiger partial charge is 0.478 e. The van der Waals surface area contributed by atoms with Crippen molar-refractivity contribution in [3.63, 3.8) is 0 Å². The van der Waals surface area contributed by atoms with Crippen molar-refractivity contribution in [2.24, 2.45) is 0 Å². The highest BCUT2D eigenvalue weighted by molar-refractivity contribution is 6.04. The lowest BCUT2D eigenvalue weighted by atomic mass is 10.1. The van der Waals surface area contributed by atoms with E-state index in [1.165, 1.54) is 6.33 Å². The summed E-state index contributed by atoms with van der Waals surface area (Å²) in [6.45, 7) is 2.02. The molecule has 2 aromatic carbocycles. The SMILES string of the molecule is COCCNC[C@@H](Nc1ncnc2c(C(=O)O)cccc12)c1ccccc1. The molecule has 3 N–H and O–H groups in total. The van der Waals surface area contributed by atoms with Crippen molar-refractivity contribution in [1.29, 1.82) is 0 Å². The van der Waals surface area contributed by atoms with Crippen LogP contribution in [0.25, 0.3) is 10.9 Å². The predicted octanol–water partition coefficient (Wildman–Crippen LogP) is 2.72. The highest BCUT2D eigenvalue weighted by atomic mass is 16.5. The van der Waals surface area contributed by atoms with E-state index in [2.05, 4.69) is 20.6 Å². The molecule has 0 amide bonds. The summed E-state index contributed by atoms with van der Waals surface area (Å²) in [5.74, 6) is -0.406. The summed E-state index contributed by atoms with van der Waals surface area (Å²) in [7, 11) is 1.67. The molecule has 7 heteroatoms. The van der Waals surface area contributed by atoms with E-state index in [-0.39, 0.29) is 11.6 Å². The topological polar surface area (TPSA) is 96.4 Å². The summed E-state index contributed by atoms with van der Waals surface area (Å²) in [5.41, 5.74) is 1.68. The number of carboxylic acids is 1. The lowest BCUT2D eigenvalue weighted by Gasteiger charge is -2.21. The van der Waals surface area contributed by atoms with E-state index in [0.717, 1.165) is 12.1 Å². The monoisotopic (exact) mass is 366 g/mol. The Morgan fingerprint density at radius 1 is 1.15 bits per heavy atom. The Bertz CT molecular complexity index is 902. The number of fused-ring (bicyclic) bond motifs is 1. The van der Waals surface area contributed by atoms with Crippen LogP contribution in [-0.4, -0.2) is 47.8 Å². The predicted molar refractivity (Wildman–Crippen MR) is 104 cm³/mol. The molecule has 3 aromatic rings. The van der Waals surface area contributed by atoms with Crippen LogP contribution < -0.4 is 10.6 Å². The van der Waals surface area contributed by atoms with Gasteiger partial charge in [0.1, 0.15) is 12.1 Å². The van der Waals surface area contributed by atoms with Crippen LogP contribution in [0, 0.1) is 0 Å². The third-order valence-electron chi connectivity index (χ3n) is 4.24. The van der Waals surface area contributed by atoms with Crippen molar-refractivity contribution in [2.45, 2.75) is 6.04 Å². The Morgan fingerprint density at radius 3 is 2.70 bits per heavy atom. The molecule has 1 aromatic heterocycles. The molecular weight excluding hydrogens is 344 g/mol.